The summed E-state index contributed by atoms with van der Waals surface area (Å²) in [5.41, 5.74) is 1.53. The maximum absolute atomic E-state index is 12.5. The molecule has 1 saturated carbocycles. The molecular formula is C20H18N2O5S. The molecule has 0 unspecified atom stereocenters. The van der Waals surface area contributed by atoms with Crippen molar-refractivity contribution in [1.29, 1.82) is 0 Å². The molecule has 0 bridgehead atoms. The van der Waals surface area contributed by atoms with Gasteiger partial charge in [-0.1, -0.05) is 6.07 Å². The highest BCUT2D eigenvalue weighted by atomic mass is 32.2. The topological polar surface area (TPSA) is 101 Å². The second-order valence-corrected chi connectivity index (χ2v) is 8.88. The molecule has 2 fully saturated rings. The van der Waals surface area contributed by atoms with Crippen molar-refractivity contribution in [3.8, 4) is 0 Å². The zero-order valence-corrected chi connectivity index (χ0v) is 15.7. The van der Waals surface area contributed by atoms with Crippen molar-refractivity contribution in [3.05, 3.63) is 59.7 Å². The zero-order chi connectivity index (χ0) is 19.9. The average molecular weight is 398 g/mol. The number of rotatable bonds is 5. The van der Waals surface area contributed by atoms with Gasteiger partial charge in [0.25, 0.3) is 5.91 Å². The van der Waals surface area contributed by atoms with Crippen LogP contribution in [0.4, 0.5) is 11.4 Å². The fraction of sp³-hybridized carbons (Fsp3) is 0.250. The van der Waals surface area contributed by atoms with Crippen LogP contribution in [0.1, 0.15) is 40.0 Å². The van der Waals surface area contributed by atoms with Crippen LogP contribution in [0.15, 0.2) is 48.5 Å². The summed E-state index contributed by atoms with van der Waals surface area (Å²) >= 11 is 0. The summed E-state index contributed by atoms with van der Waals surface area (Å²) in [5, 5.41) is 2.72. The summed E-state index contributed by atoms with van der Waals surface area (Å²) in [4.78, 5) is 36.5. The molecule has 4 rings (SSSR count). The van der Waals surface area contributed by atoms with E-state index in [1.807, 2.05) is 0 Å². The first kappa shape index (κ1) is 18.4. The Bertz CT molecular complexity index is 1070. The summed E-state index contributed by atoms with van der Waals surface area (Å²) in [6.07, 6.45) is 1.80. The maximum atomic E-state index is 12.5. The van der Waals surface area contributed by atoms with Gasteiger partial charge in [0.1, 0.15) is 0 Å². The number of hydrogen-bond acceptors (Lipinski definition) is 5. The van der Waals surface area contributed by atoms with Crippen molar-refractivity contribution in [2.24, 2.45) is 5.92 Å². The monoisotopic (exact) mass is 398 g/mol. The molecular weight excluding hydrogens is 380 g/mol. The van der Waals surface area contributed by atoms with Crippen molar-refractivity contribution in [1.82, 2.24) is 0 Å². The minimum atomic E-state index is -3.69. The SMILES string of the molecule is O=C(Nc1ccc(C(=O)C2CC2)cc1)c1cccc(N2C(=O)CCS2(=O)=O)c1. The van der Waals surface area contributed by atoms with Gasteiger partial charge in [-0.25, -0.2) is 12.7 Å². The lowest BCUT2D eigenvalue weighted by Crippen LogP contribution is -2.29. The van der Waals surface area contributed by atoms with E-state index in [2.05, 4.69) is 5.32 Å². The normalized spacial score (nSPS) is 18.1. The van der Waals surface area contributed by atoms with E-state index >= 15 is 0 Å². The molecule has 0 aromatic heterocycles. The highest BCUT2D eigenvalue weighted by molar-refractivity contribution is 7.94. The Morgan fingerprint density at radius 3 is 2.32 bits per heavy atom. The van der Waals surface area contributed by atoms with E-state index < -0.39 is 21.8 Å². The van der Waals surface area contributed by atoms with E-state index in [0.717, 1.165) is 17.1 Å². The van der Waals surface area contributed by atoms with Crippen LogP contribution in [-0.4, -0.2) is 31.8 Å². The van der Waals surface area contributed by atoms with Gasteiger partial charge in [0, 0.05) is 29.2 Å². The smallest absolute Gasteiger partial charge is 0.255 e. The first-order valence-corrected chi connectivity index (χ1v) is 10.6. The van der Waals surface area contributed by atoms with Crippen LogP contribution in [0.25, 0.3) is 0 Å². The maximum Gasteiger partial charge on any atom is 0.255 e. The molecule has 0 radical (unpaired) electrons. The molecule has 144 valence electrons. The van der Waals surface area contributed by atoms with Crippen LogP contribution in [-0.2, 0) is 14.8 Å². The summed E-state index contributed by atoms with van der Waals surface area (Å²) in [6, 6.07) is 12.6. The summed E-state index contributed by atoms with van der Waals surface area (Å²) in [5.74, 6) is -0.913. The molecule has 2 amide bonds. The second-order valence-electron chi connectivity index (χ2n) is 6.94. The van der Waals surface area contributed by atoms with Gasteiger partial charge >= 0.3 is 0 Å². The quantitative estimate of drug-likeness (QED) is 0.780. The third-order valence-electron chi connectivity index (χ3n) is 4.80. The molecule has 2 aromatic carbocycles. The predicted molar refractivity (Wildman–Crippen MR) is 104 cm³/mol. The molecule has 1 saturated heterocycles. The van der Waals surface area contributed by atoms with Crippen LogP contribution in [0.2, 0.25) is 0 Å². The predicted octanol–water partition coefficient (Wildman–Crippen LogP) is 2.60. The second kappa shape index (κ2) is 6.87. The Morgan fingerprint density at radius 1 is 1.00 bits per heavy atom. The van der Waals surface area contributed by atoms with Crippen molar-refractivity contribution >= 4 is 39.0 Å². The van der Waals surface area contributed by atoms with Crippen LogP contribution >= 0.6 is 0 Å². The Labute approximate surface area is 162 Å². The molecule has 2 aliphatic rings. The molecule has 7 nitrogen and oxygen atoms in total. The van der Waals surface area contributed by atoms with E-state index in [9.17, 15) is 22.8 Å². The van der Waals surface area contributed by atoms with Gasteiger partial charge in [-0.05, 0) is 55.3 Å². The first-order valence-electron chi connectivity index (χ1n) is 8.97. The number of nitrogens with one attached hydrogen (secondary N) is 1. The lowest BCUT2D eigenvalue weighted by atomic mass is 10.1. The Hall–Kier alpha value is -3.00. The Morgan fingerprint density at radius 2 is 1.71 bits per heavy atom. The van der Waals surface area contributed by atoms with E-state index in [0.29, 0.717) is 11.3 Å². The largest absolute Gasteiger partial charge is 0.322 e. The van der Waals surface area contributed by atoms with Crippen molar-refractivity contribution in [2.45, 2.75) is 19.3 Å². The lowest BCUT2D eigenvalue weighted by molar-refractivity contribution is -0.116. The van der Waals surface area contributed by atoms with Gasteiger partial charge in [0.05, 0.1) is 11.4 Å². The van der Waals surface area contributed by atoms with Crippen LogP contribution in [0.5, 0.6) is 0 Å². The minimum absolute atomic E-state index is 0.0648. The third kappa shape index (κ3) is 3.55. The number of nitrogens with zero attached hydrogens (tertiary/aromatic N) is 1. The molecule has 0 spiro atoms. The van der Waals surface area contributed by atoms with Crippen LogP contribution in [0, 0.1) is 5.92 Å². The van der Waals surface area contributed by atoms with Crippen LogP contribution in [0.3, 0.4) is 0 Å². The zero-order valence-electron chi connectivity index (χ0n) is 14.9. The van der Waals surface area contributed by atoms with Crippen molar-refractivity contribution in [3.63, 3.8) is 0 Å². The Kier molecular flexibility index (Phi) is 4.50. The summed E-state index contributed by atoms with van der Waals surface area (Å²) < 4.78 is 24.9. The minimum Gasteiger partial charge on any atom is -0.322 e. The highest BCUT2D eigenvalue weighted by Crippen LogP contribution is 2.33. The van der Waals surface area contributed by atoms with E-state index in [1.165, 1.54) is 24.3 Å². The number of carbonyl (C=O) groups is 3. The van der Waals surface area contributed by atoms with Gasteiger partial charge in [-0.2, -0.15) is 0 Å². The number of ketones is 1. The number of anilines is 2. The van der Waals surface area contributed by atoms with Gasteiger partial charge < -0.3 is 5.32 Å². The summed E-state index contributed by atoms with van der Waals surface area (Å²) in [6.45, 7) is 0. The number of sulfonamides is 1. The van der Waals surface area contributed by atoms with Gasteiger partial charge in [-0.3, -0.25) is 14.4 Å². The van der Waals surface area contributed by atoms with Crippen molar-refractivity contribution < 1.29 is 22.8 Å². The van der Waals surface area contributed by atoms with Gasteiger partial charge in [0.2, 0.25) is 15.9 Å². The molecule has 8 heteroatoms. The summed E-state index contributed by atoms with van der Waals surface area (Å²) in [7, 11) is -3.69. The Balaban J connectivity index is 1.51. The van der Waals surface area contributed by atoms with E-state index in [-0.39, 0.29) is 35.1 Å². The molecule has 1 aliphatic heterocycles. The fourth-order valence-electron chi connectivity index (χ4n) is 3.14. The number of amides is 2. The molecule has 1 aliphatic carbocycles. The van der Waals surface area contributed by atoms with Crippen molar-refractivity contribution in [2.75, 3.05) is 15.4 Å². The first-order chi connectivity index (χ1) is 13.3. The standard InChI is InChI=1S/C20H18N2O5S/c23-18-10-11-28(26,27)22(18)17-3-1-2-15(12-17)20(25)21-16-8-6-14(7-9-16)19(24)13-4-5-13/h1-3,6-9,12-13H,4-5,10-11H2,(H,21,25). The number of hydrogen-bond donors (Lipinski definition) is 1. The van der Waals surface area contributed by atoms with Crippen LogP contribution < -0.4 is 9.62 Å². The average Bonchev–Trinajstić information content (AvgIpc) is 3.48. The molecule has 2 aromatic rings. The highest BCUT2D eigenvalue weighted by Gasteiger charge is 2.36. The van der Waals surface area contributed by atoms with Gasteiger partial charge in [-0.15, -0.1) is 0 Å². The molecule has 0 atom stereocenters. The number of Topliss-reactive ketones (excluding diaryl/α,β-unsaturated/α-hetero) is 1. The molecule has 1 N–H and O–H groups in total. The third-order valence-corrected chi connectivity index (χ3v) is 6.49. The fourth-order valence-corrected chi connectivity index (χ4v) is 4.60. The molecule has 28 heavy (non-hydrogen) atoms. The van der Waals surface area contributed by atoms with E-state index in [4.69, 9.17) is 0 Å². The van der Waals surface area contributed by atoms with E-state index in [1.54, 1.807) is 24.3 Å². The number of benzene rings is 2. The lowest BCUT2D eigenvalue weighted by Gasteiger charge is -2.15. The van der Waals surface area contributed by atoms with Gasteiger partial charge in [0.15, 0.2) is 5.78 Å². The molecule has 1 heterocycles. The number of carbonyl (C=O) groups excluding carboxylic acids is 3.